The van der Waals surface area contributed by atoms with Crippen LogP contribution in [0.5, 0.6) is 11.5 Å². The summed E-state index contributed by atoms with van der Waals surface area (Å²) in [5.41, 5.74) is 1.45. The molecule has 2 aromatic carbocycles. The molecule has 2 aliphatic rings. The Morgan fingerprint density at radius 1 is 1.00 bits per heavy atom. The van der Waals surface area contributed by atoms with Gasteiger partial charge < -0.3 is 19.3 Å². The second-order valence-electron chi connectivity index (χ2n) is 9.69. The van der Waals surface area contributed by atoms with Crippen LogP contribution in [-0.4, -0.2) is 47.9 Å². The molecular formula is C28H35FN2O4. The molecule has 1 saturated heterocycles. The van der Waals surface area contributed by atoms with Crippen LogP contribution in [0.3, 0.4) is 0 Å². The summed E-state index contributed by atoms with van der Waals surface area (Å²) in [5, 5.41) is 0. The lowest BCUT2D eigenvalue weighted by Crippen LogP contribution is -2.58. The third-order valence-corrected chi connectivity index (χ3v) is 7.11. The minimum Gasteiger partial charge on any atom is -0.493 e. The van der Waals surface area contributed by atoms with Crippen LogP contribution in [0.4, 0.5) is 4.39 Å². The number of amides is 2. The molecule has 1 heterocycles. The van der Waals surface area contributed by atoms with Gasteiger partial charge in [-0.25, -0.2) is 4.39 Å². The quantitative estimate of drug-likeness (QED) is 0.524. The zero-order chi connectivity index (χ0) is 24.9. The average molecular weight is 483 g/mol. The number of rotatable bonds is 8. The molecule has 2 amide bonds. The molecule has 0 N–H and O–H groups in total. The molecule has 0 bridgehead atoms. The van der Waals surface area contributed by atoms with Gasteiger partial charge in [0.1, 0.15) is 18.4 Å². The van der Waals surface area contributed by atoms with Crippen molar-refractivity contribution in [2.75, 3.05) is 20.3 Å². The molecule has 1 aliphatic heterocycles. The lowest BCUT2D eigenvalue weighted by Gasteiger charge is -2.45. The van der Waals surface area contributed by atoms with E-state index in [0.717, 1.165) is 37.7 Å². The van der Waals surface area contributed by atoms with Gasteiger partial charge in [-0.3, -0.25) is 9.59 Å². The zero-order valence-electron chi connectivity index (χ0n) is 20.8. The summed E-state index contributed by atoms with van der Waals surface area (Å²) < 4.78 is 24.8. The first-order valence-corrected chi connectivity index (χ1v) is 12.6. The predicted octanol–water partition coefficient (Wildman–Crippen LogP) is 5.11. The first-order chi connectivity index (χ1) is 16.9. The van der Waals surface area contributed by atoms with E-state index in [-0.39, 0.29) is 36.8 Å². The van der Waals surface area contributed by atoms with Crippen molar-refractivity contribution in [3.63, 3.8) is 0 Å². The number of halogens is 1. The maximum atomic E-state index is 14.0. The lowest BCUT2D eigenvalue weighted by atomic mass is 9.85. The van der Waals surface area contributed by atoms with Gasteiger partial charge in [0.25, 0.3) is 5.91 Å². The van der Waals surface area contributed by atoms with E-state index in [2.05, 4.69) is 6.92 Å². The van der Waals surface area contributed by atoms with Gasteiger partial charge in [-0.2, -0.15) is 0 Å². The highest BCUT2D eigenvalue weighted by molar-refractivity contribution is 5.96. The van der Waals surface area contributed by atoms with Crippen LogP contribution < -0.4 is 9.47 Å². The van der Waals surface area contributed by atoms with Gasteiger partial charge in [-0.15, -0.1) is 0 Å². The topological polar surface area (TPSA) is 59.1 Å². The Balaban J connectivity index is 1.68. The summed E-state index contributed by atoms with van der Waals surface area (Å²) in [6.07, 6.45) is 4.81. The fraction of sp³-hybridized carbons (Fsp3) is 0.500. The van der Waals surface area contributed by atoms with E-state index in [1.807, 2.05) is 13.0 Å². The normalized spacial score (nSPS) is 22.9. The second kappa shape index (κ2) is 11.1. The zero-order valence-corrected chi connectivity index (χ0v) is 20.8. The van der Waals surface area contributed by atoms with E-state index in [1.54, 1.807) is 41.2 Å². The SMILES string of the molecule is CCCOc1ccc(C2C(=O)N(C3CCC(C)CC3)CC(=O)N2Cc2ccc(F)cc2)cc1OC. The maximum absolute atomic E-state index is 14.0. The van der Waals surface area contributed by atoms with Crippen molar-refractivity contribution in [1.29, 1.82) is 0 Å². The molecule has 2 aromatic rings. The van der Waals surface area contributed by atoms with Gasteiger partial charge in [0.05, 0.1) is 13.7 Å². The molecule has 35 heavy (non-hydrogen) atoms. The first kappa shape index (κ1) is 25.0. The number of hydrogen-bond acceptors (Lipinski definition) is 4. The summed E-state index contributed by atoms with van der Waals surface area (Å²) in [6.45, 7) is 5.12. The standard InChI is InChI=1S/C28H35FN2O4/c1-4-15-35-24-14-9-21(16-25(24)34-3)27-28(33)30(23-12-5-19(2)6-13-23)18-26(32)31(27)17-20-7-10-22(29)11-8-20/h7-11,14,16,19,23,27H,4-6,12-13,15,17-18H2,1-3H3. The van der Waals surface area contributed by atoms with Gasteiger partial charge in [0.15, 0.2) is 11.5 Å². The van der Waals surface area contributed by atoms with Gasteiger partial charge in [0, 0.05) is 12.6 Å². The number of nitrogens with zero attached hydrogens (tertiary/aromatic N) is 2. The Kier molecular flexibility index (Phi) is 7.93. The monoisotopic (exact) mass is 482 g/mol. The first-order valence-electron chi connectivity index (χ1n) is 12.6. The van der Waals surface area contributed by atoms with Crippen molar-refractivity contribution in [2.45, 2.75) is 64.6 Å². The van der Waals surface area contributed by atoms with Crippen molar-refractivity contribution >= 4 is 11.8 Å². The van der Waals surface area contributed by atoms with Crippen molar-refractivity contribution in [2.24, 2.45) is 5.92 Å². The fourth-order valence-corrected chi connectivity index (χ4v) is 5.09. The van der Waals surface area contributed by atoms with Crippen LogP contribution in [0, 0.1) is 11.7 Å². The van der Waals surface area contributed by atoms with Crippen LogP contribution in [0.2, 0.25) is 0 Å². The van der Waals surface area contributed by atoms with E-state index < -0.39 is 6.04 Å². The summed E-state index contributed by atoms with van der Waals surface area (Å²) in [6, 6.07) is 10.8. The molecule has 7 heteroatoms. The number of piperazine rings is 1. The molecule has 0 radical (unpaired) electrons. The van der Waals surface area contributed by atoms with Crippen molar-refractivity contribution in [1.82, 2.24) is 9.80 Å². The molecule has 1 atom stereocenters. The minimum atomic E-state index is -0.783. The third-order valence-electron chi connectivity index (χ3n) is 7.11. The van der Waals surface area contributed by atoms with Crippen molar-refractivity contribution in [3.05, 3.63) is 59.4 Å². The molecule has 4 rings (SSSR count). The number of carbonyl (C=O) groups excluding carboxylic acids is 2. The van der Waals surface area contributed by atoms with E-state index in [0.29, 0.717) is 29.6 Å². The molecule has 2 fully saturated rings. The van der Waals surface area contributed by atoms with Gasteiger partial charge in [0.2, 0.25) is 5.91 Å². The molecular weight excluding hydrogens is 447 g/mol. The minimum absolute atomic E-state index is 0.0736. The average Bonchev–Trinajstić information content (AvgIpc) is 2.87. The molecule has 1 unspecified atom stereocenters. The lowest BCUT2D eigenvalue weighted by molar-refractivity contribution is -0.160. The van der Waals surface area contributed by atoms with Crippen molar-refractivity contribution < 1.29 is 23.5 Å². The molecule has 6 nitrogen and oxygen atoms in total. The Morgan fingerprint density at radius 3 is 2.37 bits per heavy atom. The number of benzene rings is 2. The summed E-state index contributed by atoms with van der Waals surface area (Å²) in [4.78, 5) is 30.8. The molecule has 1 aliphatic carbocycles. The predicted molar refractivity (Wildman–Crippen MR) is 132 cm³/mol. The second-order valence-corrected chi connectivity index (χ2v) is 9.69. The summed E-state index contributed by atoms with van der Waals surface area (Å²) in [7, 11) is 1.57. The Bertz CT molecular complexity index is 1030. The maximum Gasteiger partial charge on any atom is 0.250 e. The summed E-state index contributed by atoms with van der Waals surface area (Å²) in [5.74, 6) is 1.26. The smallest absolute Gasteiger partial charge is 0.250 e. The van der Waals surface area contributed by atoms with Gasteiger partial charge in [-0.05, 0) is 73.4 Å². The van der Waals surface area contributed by atoms with Crippen LogP contribution in [0.25, 0.3) is 0 Å². The molecule has 0 spiro atoms. The Hall–Kier alpha value is -3.09. The van der Waals surface area contributed by atoms with Crippen LogP contribution >= 0.6 is 0 Å². The molecule has 0 aromatic heterocycles. The fourth-order valence-electron chi connectivity index (χ4n) is 5.09. The number of hydrogen-bond donors (Lipinski definition) is 0. The van der Waals surface area contributed by atoms with E-state index in [1.165, 1.54) is 12.1 Å². The Labute approximate surface area is 207 Å². The van der Waals surface area contributed by atoms with Gasteiger partial charge >= 0.3 is 0 Å². The highest BCUT2D eigenvalue weighted by atomic mass is 19.1. The number of ether oxygens (including phenoxy) is 2. The highest BCUT2D eigenvalue weighted by Crippen LogP contribution is 2.37. The van der Waals surface area contributed by atoms with E-state index >= 15 is 0 Å². The van der Waals surface area contributed by atoms with E-state index in [9.17, 15) is 14.0 Å². The number of carbonyl (C=O) groups is 2. The summed E-state index contributed by atoms with van der Waals surface area (Å²) >= 11 is 0. The largest absolute Gasteiger partial charge is 0.493 e. The molecule has 1 saturated carbocycles. The highest BCUT2D eigenvalue weighted by Gasteiger charge is 2.43. The van der Waals surface area contributed by atoms with Crippen LogP contribution in [0.15, 0.2) is 42.5 Å². The van der Waals surface area contributed by atoms with Crippen molar-refractivity contribution in [3.8, 4) is 11.5 Å². The van der Waals surface area contributed by atoms with Crippen LogP contribution in [-0.2, 0) is 16.1 Å². The van der Waals surface area contributed by atoms with Crippen LogP contribution in [0.1, 0.15) is 63.1 Å². The number of methoxy groups -OCH3 is 1. The van der Waals surface area contributed by atoms with Gasteiger partial charge in [-0.1, -0.05) is 32.0 Å². The Morgan fingerprint density at radius 2 is 1.71 bits per heavy atom. The third kappa shape index (κ3) is 5.60. The van der Waals surface area contributed by atoms with E-state index in [4.69, 9.17) is 9.47 Å². The molecule has 188 valence electrons.